The molecule has 0 spiro atoms. The molecular weight excluding hydrogens is 390 g/mol. The third kappa shape index (κ3) is 5.47. The molecule has 4 rings (SSSR count). The molecule has 30 heavy (non-hydrogen) atoms. The van der Waals surface area contributed by atoms with E-state index in [2.05, 4.69) is 10.3 Å². The summed E-state index contributed by atoms with van der Waals surface area (Å²) >= 11 is 0. The van der Waals surface area contributed by atoms with Gasteiger partial charge in [-0.15, -0.1) is 0 Å². The number of nitrogens with one attached hydrogen (secondary N) is 1. The highest BCUT2D eigenvalue weighted by molar-refractivity contribution is 5.96. The maximum absolute atomic E-state index is 12.8. The Morgan fingerprint density at radius 2 is 1.97 bits per heavy atom. The van der Waals surface area contributed by atoms with Crippen LogP contribution in [0.5, 0.6) is 5.75 Å². The number of nitrogens with zero attached hydrogens (tertiary/aromatic N) is 2. The Labute approximate surface area is 175 Å². The highest BCUT2D eigenvalue weighted by Crippen LogP contribution is 2.39. The minimum absolute atomic E-state index is 0.00637. The van der Waals surface area contributed by atoms with Crippen molar-refractivity contribution in [2.24, 2.45) is 17.8 Å². The number of fused-ring (bicyclic) bond motifs is 1. The van der Waals surface area contributed by atoms with Gasteiger partial charge in [-0.05, 0) is 49.5 Å². The number of carboxylic acid groups (broad SMARTS) is 1. The fourth-order valence-corrected chi connectivity index (χ4v) is 4.46. The predicted molar refractivity (Wildman–Crippen MR) is 107 cm³/mol. The molecule has 0 bridgehead atoms. The largest absolute Gasteiger partial charge is 0.505 e. The Balaban J connectivity index is 0.000000806. The van der Waals surface area contributed by atoms with Crippen molar-refractivity contribution >= 4 is 18.3 Å². The highest BCUT2D eigenvalue weighted by atomic mass is 16.5. The summed E-state index contributed by atoms with van der Waals surface area (Å²) in [6.07, 6.45) is 6.98. The maximum atomic E-state index is 12.8. The average Bonchev–Trinajstić information content (AvgIpc) is 3.44. The molecule has 9 heteroatoms. The number of aromatic nitrogens is 1. The van der Waals surface area contributed by atoms with Gasteiger partial charge < -0.3 is 25.2 Å². The average molecular weight is 419 g/mol. The quantitative estimate of drug-likeness (QED) is 0.613. The third-order valence-corrected chi connectivity index (χ3v) is 6.07. The fourth-order valence-electron chi connectivity index (χ4n) is 4.46. The number of carbonyl (C=O) groups excluding carboxylic acids is 2. The van der Waals surface area contributed by atoms with Gasteiger partial charge in [-0.25, -0.2) is 0 Å². The van der Waals surface area contributed by atoms with E-state index < -0.39 is 0 Å². The van der Waals surface area contributed by atoms with Gasteiger partial charge in [0.15, 0.2) is 0 Å². The summed E-state index contributed by atoms with van der Waals surface area (Å²) in [4.78, 5) is 38.5. The van der Waals surface area contributed by atoms with E-state index in [9.17, 15) is 14.7 Å². The normalized spacial score (nSPS) is 27.4. The van der Waals surface area contributed by atoms with E-state index in [1.54, 1.807) is 13.0 Å². The topological polar surface area (TPSA) is 129 Å². The molecule has 3 aliphatic rings. The predicted octanol–water partition coefficient (Wildman–Crippen LogP) is 1.27. The van der Waals surface area contributed by atoms with Crippen molar-refractivity contribution in [3.63, 3.8) is 0 Å². The van der Waals surface area contributed by atoms with Crippen molar-refractivity contribution in [2.75, 3.05) is 19.7 Å². The molecule has 4 atom stereocenters. The van der Waals surface area contributed by atoms with E-state index in [4.69, 9.17) is 14.6 Å². The van der Waals surface area contributed by atoms with Crippen molar-refractivity contribution in [3.8, 4) is 5.75 Å². The zero-order valence-corrected chi connectivity index (χ0v) is 17.1. The van der Waals surface area contributed by atoms with Gasteiger partial charge in [0.2, 0.25) is 5.91 Å². The monoisotopic (exact) mass is 419 g/mol. The van der Waals surface area contributed by atoms with Crippen molar-refractivity contribution < 1.29 is 29.3 Å². The minimum atomic E-state index is -0.250. The van der Waals surface area contributed by atoms with Gasteiger partial charge in [0.1, 0.15) is 5.75 Å². The van der Waals surface area contributed by atoms with E-state index >= 15 is 0 Å². The highest BCUT2D eigenvalue weighted by Gasteiger charge is 2.44. The molecule has 0 unspecified atom stereocenters. The lowest BCUT2D eigenvalue weighted by Gasteiger charge is -2.38. The smallest absolute Gasteiger partial charge is 0.290 e. The van der Waals surface area contributed by atoms with Crippen molar-refractivity contribution in [2.45, 2.75) is 44.8 Å². The summed E-state index contributed by atoms with van der Waals surface area (Å²) in [6.45, 7) is 3.38. The minimum Gasteiger partial charge on any atom is -0.505 e. The molecule has 1 aromatic rings. The number of carbonyl (C=O) groups is 3. The first-order chi connectivity index (χ1) is 14.4. The van der Waals surface area contributed by atoms with E-state index in [1.807, 2.05) is 4.90 Å². The Hall–Kier alpha value is -2.68. The number of amides is 2. The van der Waals surface area contributed by atoms with Crippen molar-refractivity contribution in [1.29, 1.82) is 0 Å². The summed E-state index contributed by atoms with van der Waals surface area (Å²) in [5.41, 5.74) is 0.295. The van der Waals surface area contributed by atoms with Crippen LogP contribution in [0.4, 0.5) is 0 Å². The van der Waals surface area contributed by atoms with Crippen LogP contribution in [-0.2, 0) is 14.3 Å². The lowest BCUT2D eigenvalue weighted by molar-refractivity contribution is -0.123. The summed E-state index contributed by atoms with van der Waals surface area (Å²) in [5, 5.41) is 19.9. The fraction of sp³-hybridized carbons (Fsp3) is 0.619. The molecule has 1 saturated heterocycles. The van der Waals surface area contributed by atoms with Gasteiger partial charge in [0, 0.05) is 32.8 Å². The number of rotatable bonds is 5. The van der Waals surface area contributed by atoms with Crippen molar-refractivity contribution in [1.82, 2.24) is 15.2 Å². The molecule has 2 saturated carbocycles. The number of likely N-dealkylation sites (tertiary alicyclic amines) is 1. The van der Waals surface area contributed by atoms with Gasteiger partial charge in [-0.3, -0.25) is 19.4 Å². The van der Waals surface area contributed by atoms with Gasteiger partial charge in [0.25, 0.3) is 12.4 Å². The second-order valence-electron chi connectivity index (χ2n) is 8.32. The van der Waals surface area contributed by atoms with Gasteiger partial charge in [-0.2, -0.15) is 0 Å². The lowest BCUT2D eigenvalue weighted by Crippen LogP contribution is -2.50. The molecule has 1 aliphatic heterocycles. The number of hydrogen-bond acceptors (Lipinski definition) is 6. The van der Waals surface area contributed by atoms with E-state index in [0.29, 0.717) is 36.4 Å². The SMILES string of the molecule is CC(=O)N[C@@H]1C[C@@H]2CN(C(=O)c3ccncc3O)C[C@@H]2C[C@H]1OCC1CC1.O=CO. The van der Waals surface area contributed by atoms with Crippen LogP contribution in [0.15, 0.2) is 18.5 Å². The van der Waals surface area contributed by atoms with E-state index in [-0.39, 0.29) is 36.2 Å². The Kier molecular flexibility index (Phi) is 7.25. The number of hydrogen-bond donors (Lipinski definition) is 3. The molecule has 1 aromatic heterocycles. The Morgan fingerprint density at radius 1 is 1.30 bits per heavy atom. The summed E-state index contributed by atoms with van der Waals surface area (Å²) in [7, 11) is 0. The maximum Gasteiger partial charge on any atom is 0.290 e. The van der Waals surface area contributed by atoms with Crippen LogP contribution < -0.4 is 5.32 Å². The Morgan fingerprint density at radius 3 is 2.57 bits per heavy atom. The molecule has 3 fully saturated rings. The number of aromatic hydroxyl groups is 1. The lowest BCUT2D eigenvalue weighted by atomic mass is 9.77. The molecule has 3 N–H and O–H groups in total. The van der Waals surface area contributed by atoms with Gasteiger partial charge in [-0.1, -0.05) is 0 Å². The Bertz CT molecular complexity index is 769. The van der Waals surface area contributed by atoms with E-state index in [0.717, 1.165) is 19.4 Å². The van der Waals surface area contributed by atoms with Crippen LogP contribution in [0.3, 0.4) is 0 Å². The standard InChI is InChI=1S/C20H27N3O4.CH2O2/c1-12(24)22-17-6-14-9-23(20(26)16-4-5-21-8-18(16)25)10-15(14)7-19(17)27-11-13-2-3-13;2-1-3/h4-5,8,13-15,17,19,25H,2-3,6-7,9-11H2,1H3,(H,22,24);1H,(H,2,3)/t14-,15+,17-,19-;/m1./s1. The van der Waals surface area contributed by atoms with Crippen LogP contribution >= 0.6 is 0 Å². The van der Waals surface area contributed by atoms with Crippen LogP contribution in [0.2, 0.25) is 0 Å². The molecule has 2 aliphatic carbocycles. The van der Waals surface area contributed by atoms with Gasteiger partial charge in [0.05, 0.1) is 23.9 Å². The number of ether oxygens (including phenoxy) is 1. The molecule has 9 nitrogen and oxygen atoms in total. The molecule has 0 radical (unpaired) electrons. The van der Waals surface area contributed by atoms with Crippen molar-refractivity contribution in [3.05, 3.63) is 24.0 Å². The molecule has 2 amide bonds. The molecular formula is C21H29N3O6. The second kappa shape index (κ2) is 9.88. The van der Waals surface area contributed by atoms with Crippen LogP contribution in [0.25, 0.3) is 0 Å². The second-order valence-corrected chi connectivity index (χ2v) is 8.32. The zero-order chi connectivity index (χ0) is 21.7. The number of pyridine rings is 1. The first-order valence-electron chi connectivity index (χ1n) is 10.3. The summed E-state index contributed by atoms with van der Waals surface area (Å²) in [6, 6.07) is 1.56. The van der Waals surface area contributed by atoms with Crippen LogP contribution in [0.1, 0.15) is 43.0 Å². The molecule has 164 valence electrons. The molecule has 0 aromatic carbocycles. The third-order valence-electron chi connectivity index (χ3n) is 6.07. The van der Waals surface area contributed by atoms with Gasteiger partial charge >= 0.3 is 0 Å². The zero-order valence-electron chi connectivity index (χ0n) is 17.1. The van der Waals surface area contributed by atoms with Crippen LogP contribution in [-0.4, -0.2) is 70.2 Å². The summed E-state index contributed by atoms with van der Waals surface area (Å²) < 4.78 is 6.16. The first-order valence-corrected chi connectivity index (χ1v) is 10.3. The first kappa shape index (κ1) is 22.0. The summed E-state index contributed by atoms with van der Waals surface area (Å²) in [5.74, 6) is 1.11. The van der Waals surface area contributed by atoms with E-state index in [1.165, 1.54) is 25.2 Å². The van der Waals surface area contributed by atoms with Crippen LogP contribution in [0, 0.1) is 17.8 Å². The molecule has 2 heterocycles.